The highest BCUT2D eigenvalue weighted by Crippen LogP contribution is 2.59. The van der Waals surface area contributed by atoms with Gasteiger partial charge in [-0.15, -0.1) is 0 Å². The monoisotopic (exact) mass is 615 g/mol. The van der Waals surface area contributed by atoms with Gasteiger partial charge in [0.25, 0.3) is 0 Å². The summed E-state index contributed by atoms with van der Waals surface area (Å²) in [7, 11) is 0. The Morgan fingerprint density at radius 1 is 0.976 bits per heavy atom. The third kappa shape index (κ3) is 5.05. The fourth-order valence-corrected chi connectivity index (χ4v) is 7.52. The third-order valence-electron chi connectivity index (χ3n) is 9.02. The van der Waals surface area contributed by atoms with Crippen molar-refractivity contribution in [3.63, 3.8) is 0 Å². The summed E-state index contributed by atoms with van der Waals surface area (Å²) in [6, 6.07) is 11.4. The van der Waals surface area contributed by atoms with Crippen LogP contribution < -0.4 is 10.6 Å². The van der Waals surface area contributed by atoms with E-state index in [0.717, 1.165) is 37.7 Å². The molecule has 2 aromatic carbocycles. The molecule has 1 spiro atoms. The summed E-state index contributed by atoms with van der Waals surface area (Å²) >= 11 is 18.3. The van der Waals surface area contributed by atoms with Gasteiger partial charge in [0.2, 0.25) is 17.7 Å². The third-order valence-corrected chi connectivity index (χ3v) is 10.0. The standard InChI is InChI=1S/C31H32Cl3N3O4/c1-30-14-15-31(41-30)25(24(30)27(38)36-21-11-12-22(33)23(34)17-21)29(40)37(16-13-18-7-9-19(32)10-8-18)26(31)28(39)35-20-5-3-2-4-6-20/h7-12,14-15,17,20,24-26H,2-6,13,16H2,1H3,(H,35,39)(H,36,38)/t24-,25-,26-,30-,31-/m0/s1. The van der Waals surface area contributed by atoms with Crippen molar-refractivity contribution in [2.24, 2.45) is 11.8 Å². The van der Waals surface area contributed by atoms with Crippen molar-refractivity contribution in [2.75, 3.05) is 11.9 Å². The first-order chi connectivity index (χ1) is 19.6. The Balaban J connectivity index is 1.32. The minimum atomic E-state index is -1.25. The molecule has 4 aliphatic rings. The summed E-state index contributed by atoms with van der Waals surface area (Å²) in [6.45, 7) is 2.10. The van der Waals surface area contributed by atoms with Gasteiger partial charge in [-0.3, -0.25) is 14.4 Å². The molecule has 0 radical (unpaired) electrons. The maximum absolute atomic E-state index is 14.3. The van der Waals surface area contributed by atoms with E-state index in [9.17, 15) is 14.4 Å². The lowest BCUT2D eigenvalue weighted by atomic mass is 9.70. The van der Waals surface area contributed by atoms with Gasteiger partial charge in [-0.2, -0.15) is 0 Å². The van der Waals surface area contributed by atoms with E-state index in [2.05, 4.69) is 10.6 Å². The molecular weight excluding hydrogens is 585 g/mol. The number of benzene rings is 2. The number of hydrogen-bond acceptors (Lipinski definition) is 4. The number of rotatable bonds is 7. The zero-order valence-corrected chi connectivity index (χ0v) is 24.9. The summed E-state index contributed by atoms with van der Waals surface area (Å²) in [4.78, 5) is 43.7. The normalized spacial score (nSPS) is 30.5. The molecule has 2 saturated heterocycles. The van der Waals surface area contributed by atoms with Crippen LogP contribution >= 0.6 is 34.8 Å². The largest absolute Gasteiger partial charge is 0.356 e. The number of halogens is 3. The van der Waals surface area contributed by atoms with Gasteiger partial charge in [0, 0.05) is 23.3 Å². The molecule has 41 heavy (non-hydrogen) atoms. The minimum absolute atomic E-state index is 0.0619. The van der Waals surface area contributed by atoms with Crippen molar-refractivity contribution in [3.05, 3.63) is 75.2 Å². The molecule has 0 aromatic heterocycles. The van der Waals surface area contributed by atoms with E-state index in [4.69, 9.17) is 39.5 Å². The van der Waals surface area contributed by atoms with E-state index < -0.39 is 29.1 Å². The van der Waals surface area contributed by atoms with Crippen LogP contribution in [0, 0.1) is 11.8 Å². The second-order valence-corrected chi connectivity index (χ2v) is 13.0. The molecule has 216 valence electrons. The molecule has 1 saturated carbocycles. The lowest BCUT2D eigenvalue weighted by Gasteiger charge is -2.34. The Kier molecular flexibility index (Phi) is 7.60. The van der Waals surface area contributed by atoms with Gasteiger partial charge < -0.3 is 20.3 Å². The average Bonchev–Trinajstić information content (AvgIpc) is 3.51. The summed E-state index contributed by atoms with van der Waals surface area (Å²) in [5.41, 5.74) is -0.841. The van der Waals surface area contributed by atoms with Crippen LogP contribution in [-0.4, -0.2) is 52.5 Å². The molecule has 2 bridgehead atoms. The van der Waals surface area contributed by atoms with Gasteiger partial charge in [0.05, 0.1) is 27.5 Å². The molecule has 1 aliphatic carbocycles. The number of fused-ring (bicyclic) bond motifs is 1. The second kappa shape index (κ2) is 10.9. The molecule has 10 heteroatoms. The van der Waals surface area contributed by atoms with Crippen molar-refractivity contribution in [3.8, 4) is 0 Å². The molecule has 2 aromatic rings. The van der Waals surface area contributed by atoms with E-state index in [1.165, 1.54) is 0 Å². The minimum Gasteiger partial charge on any atom is -0.356 e. The first-order valence-electron chi connectivity index (χ1n) is 14.1. The molecule has 3 heterocycles. The Labute approximate surface area is 254 Å². The number of carbonyl (C=O) groups is 3. The highest BCUT2D eigenvalue weighted by molar-refractivity contribution is 6.42. The van der Waals surface area contributed by atoms with Crippen molar-refractivity contribution < 1.29 is 19.1 Å². The molecular formula is C31H32Cl3N3O4. The van der Waals surface area contributed by atoms with Gasteiger partial charge in [0.15, 0.2) is 0 Å². The number of hydrogen-bond donors (Lipinski definition) is 2. The molecule has 3 aliphatic heterocycles. The first kappa shape index (κ1) is 28.5. The number of likely N-dealkylation sites (tertiary alicyclic amines) is 1. The first-order valence-corrected chi connectivity index (χ1v) is 15.3. The smallest absolute Gasteiger partial charge is 0.246 e. The fourth-order valence-electron chi connectivity index (χ4n) is 7.09. The predicted molar refractivity (Wildman–Crippen MR) is 159 cm³/mol. The number of amides is 3. The highest BCUT2D eigenvalue weighted by Gasteiger charge is 2.76. The van der Waals surface area contributed by atoms with Gasteiger partial charge in [-0.1, -0.05) is 78.4 Å². The van der Waals surface area contributed by atoms with Crippen LogP contribution in [0.1, 0.15) is 44.6 Å². The molecule has 7 nitrogen and oxygen atoms in total. The Hall–Kier alpha value is -2.58. The zero-order valence-electron chi connectivity index (χ0n) is 22.7. The van der Waals surface area contributed by atoms with Crippen molar-refractivity contribution in [1.29, 1.82) is 0 Å². The molecule has 3 fully saturated rings. The Morgan fingerprint density at radius 3 is 2.41 bits per heavy atom. The zero-order chi connectivity index (χ0) is 28.9. The predicted octanol–water partition coefficient (Wildman–Crippen LogP) is 5.82. The molecule has 6 rings (SSSR count). The number of anilines is 1. The maximum atomic E-state index is 14.3. The quantitative estimate of drug-likeness (QED) is 0.384. The SMILES string of the molecule is C[C@@]12C=C[C@]3(O1)[C@H](C(=O)N(CCc1ccc(Cl)cc1)[C@H]3C(=O)NC1CCCCC1)[C@H]2C(=O)Nc1ccc(Cl)c(Cl)c1. The van der Waals surface area contributed by atoms with Crippen LogP contribution in [0.3, 0.4) is 0 Å². The van der Waals surface area contributed by atoms with Gasteiger partial charge in [-0.05, 0) is 62.1 Å². The summed E-state index contributed by atoms with van der Waals surface area (Å²) in [5, 5.41) is 7.43. The number of ether oxygens (including phenoxy) is 1. The molecule has 5 atom stereocenters. The van der Waals surface area contributed by atoms with E-state index in [0.29, 0.717) is 33.7 Å². The van der Waals surface area contributed by atoms with E-state index in [1.807, 2.05) is 24.3 Å². The highest BCUT2D eigenvalue weighted by atomic mass is 35.5. The lowest BCUT2D eigenvalue weighted by Crippen LogP contribution is -2.57. The number of nitrogens with zero attached hydrogens (tertiary/aromatic N) is 1. The van der Waals surface area contributed by atoms with E-state index in [-0.39, 0.29) is 23.8 Å². The molecule has 0 unspecified atom stereocenters. The van der Waals surface area contributed by atoms with Crippen LogP contribution in [0.25, 0.3) is 0 Å². The van der Waals surface area contributed by atoms with Crippen LogP contribution in [0.2, 0.25) is 15.1 Å². The average molecular weight is 617 g/mol. The van der Waals surface area contributed by atoms with E-state index in [1.54, 1.807) is 42.2 Å². The topological polar surface area (TPSA) is 87.7 Å². The van der Waals surface area contributed by atoms with Gasteiger partial charge in [-0.25, -0.2) is 0 Å². The molecule has 3 amide bonds. The van der Waals surface area contributed by atoms with Crippen LogP contribution in [0.4, 0.5) is 5.69 Å². The Morgan fingerprint density at radius 2 is 1.71 bits per heavy atom. The van der Waals surface area contributed by atoms with Gasteiger partial charge >= 0.3 is 0 Å². The fraction of sp³-hybridized carbons (Fsp3) is 0.452. The summed E-state index contributed by atoms with van der Waals surface area (Å²) in [5.74, 6) is -2.57. The van der Waals surface area contributed by atoms with Gasteiger partial charge in [0.1, 0.15) is 11.6 Å². The van der Waals surface area contributed by atoms with Crippen molar-refractivity contribution in [1.82, 2.24) is 10.2 Å². The van der Waals surface area contributed by atoms with Crippen LogP contribution in [0.15, 0.2) is 54.6 Å². The van der Waals surface area contributed by atoms with Crippen LogP contribution in [-0.2, 0) is 25.5 Å². The summed E-state index contributed by atoms with van der Waals surface area (Å²) < 4.78 is 6.62. The van der Waals surface area contributed by atoms with Crippen molar-refractivity contribution >= 4 is 58.2 Å². The summed E-state index contributed by atoms with van der Waals surface area (Å²) in [6.07, 6.45) is 9.31. The van der Waals surface area contributed by atoms with Crippen molar-refractivity contribution in [2.45, 2.75) is 68.7 Å². The molecule has 2 N–H and O–H groups in total. The second-order valence-electron chi connectivity index (χ2n) is 11.7. The lowest BCUT2D eigenvalue weighted by molar-refractivity contribution is -0.144. The number of carbonyl (C=O) groups excluding carboxylic acids is 3. The number of nitrogens with one attached hydrogen (secondary N) is 2. The Bertz CT molecular complexity index is 1410. The maximum Gasteiger partial charge on any atom is 0.246 e. The van der Waals surface area contributed by atoms with Crippen LogP contribution in [0.5, 0.6) is 0 Å². The van der Waals surface area contributed by atoms with E-state index >= 15 is 0 Å².